The number of nitrogens with zero attached hydrogens (tertiary/aromatic N) is 1. The average Bonchev–Trinajstić information content (AvgIpc) is 2.48. The molecule has 1 aliphatic rings. The Hall–Kier alpha value is -1.35. The van der Waals surface area contributed by atoms with Crippen molar-refractivity contribution in [2.24, 2.45) is 0 Å². The predicted molar refractivity (Wildman–Crippen MR) is 76.1 cm³/mol. The summed E-state index contributed by atoms with van der Waals surface area (Å²) in [6, 6.07) is 10.1. The lowest BCUT2D eigenvalue weighted by Crippen LogP contribution is -2.48. The van der Waals surface area contributed by atoms with Gasteiger partial charge in [-0.1, -0.05) is 37.3 Å². The van der Waals surface area contributed by atoms with Gasteiger partial charge in [0, 0.05) is 0 Å². The third-order valence-electron chi connectivity index (χ3n) is 4.15. The van der Waals surface area contributed by atoms with Crippen LogP contribution < -0.4 is 0 Å². The second kappa shape index (κ2) is 6.20. The second-order valence-electron chi connectivity index (χ2n) is 5.10. The summed E-state index contributed by atoms with van der Waals surface area (Å²) in [7, 11) is 0. The Morgan fingerprint density at radius 1 is 1.21 bits per heavy atom. The first-order valence-electron chi connectivity index (χ1n) is 7.18. The van der Waals surface area contributed by atoms with E-state index < -0.39 is 5.41 Å². The molecule has 3 nitrogen and oxygen atoms in total. The number of benzene rings is 1. The van der Waals surface area contributed by atoms with E-state index in [-0.39, 0.29) is 5.97 Å². The molecule has 0 unspecified atom stereocenters. The van der Waals surface area contributed by atoms with E-state index >= 15 is 0 Å². The molecule has 19 heavy (non-hydrogen) atoms. The van der Waals surface area contributed by atoms with Crippen LogP contribution in [0.25, 0.3) is 0 Å². The molecular formula is C16H23NO2. The van der Waals surface area contributed by atoms with Crippen molar-refractivity contribution in [3.8, 4) is 0 Å². The van der Waals surface area contributed by atoms with Gasteiger partial charge < -0.3 is 9.64 Å². The molecule has 1 aliphatic heterocycles. The van der Waals surface area contributed by atoms with Gasteiger partial charge in [-0.15, -0.1) is 0 Å². The lowest BCUT2D eigenvalue weighted by Gasteiger charge is -2.39. The normalized spacial score (nSPS) is 19.1. The van der Waals surface area contributed by atoms with E-state index in [0.29, 0.717) is 6.61 Å². The molecule has 0 atom stereocenters. The first-order chi connectivity index (χ1) is 9.23. The van der Waals surface area contributed by atoms with Crippen molar-refractivity contribution < 1.29 is 9.53 Å². The molecule has 2 rings (SSSR count). The number of rotatable bonds is 4. The molecule has 0 N–H and O–H groups in total. The number of likely N-dealkylation sites (tertiary alicyclic amines) is 1. The van der Waals surface area contributed by atoms with Crippen molar-refractivity contribution in [3.63, 3.8) is 0 Å². The topological polar surface area (TPSA) is 29.5 Å². The number of carbonyl (C=O) groups is 1. The van der Waals surface area contributed by atoms with Crippen molar-refractivity contribution in [3.05, 3.63) is 35.9 Å². The highest BCUT2D eigenvalue weighted by Gasteiger charge is 2.43. The third-order valence-corrected chi connectivity index (χ3v) is 4.15. The maximum Gasteiger partial charge on any atom is 0.316 e. The lowest BCUT2D eigenvalue weighted by atomic mass is 9.72. The zero-order valence-electron chi connectivity index (χ0n) is 11.9. The summed E-state index contributed by atoms with van der Waals surface area (Å²) >= 11 is 0. The van der Waals surface area contributed by atoms with E-state index in [4.69, 9.17) is 4.74 Å². The lowest BCUT2D eigenvalue weighted by molar-refractivity contribution is -0.152. The van der Waals surface area contributed by atoms with Crippen molar-refractivity contribution in [1.29, 1.82) is 0 Å². The molecule has 0 aromatic heterocycles. The molecule has 1 heterocycles. The van der Waals surface area contributed by atoms with Gasteiger partial charge >= 0.3 is 5.97 Å². The Balaban J connectivity index is 2.27. The summed E-state index contributed by atoms with van der Waals surface area (Å²) < 4.78 is 5.35. The van der Waals surface area contributed by atoms with Gasteiger partial charge in [0.25, 0.3) is 0 Å². The predicted octanol–water partition coefficient (Wildman–Crippen LogP) is 2.60. The Bertz CT molecular complexity index is 408. The minimum Gasteiger partial charge on any atom is -0.465 e. The third kappa shape index (κ3) is 2.81. The van der Waals surface area contributed by atoms with E-state index in [1.165, 1.54) is 0 Å². The molecule has 0 radical (unpaired) electrons. The van der Waals surface area contributed by atoms with Crippen molar-refractivity contribution >= 4 is 5.97 Å². The van der Waals surface area contributed by atoms with Gasteiger partial charge in [-0.05, 0) is 45.0 Å². The summed E-state index contributed by atoms with van der Waals surface area (Å²) in [4.78, 5) is 14.9. The van der Waals surface area contributed by atoms with Crippen LogP contribution in [0.5, 0.6) is 0 Å². The number of hydrogen-bond donors (Lipinski definition) is 0. The highest BCUT2D eigenvalue weighted by Crippen LogP contribution is 2.36. The summed E-state index contributed by atoms with van der Waals surface area (Å²) in [6.45, 7) is 7.46. The van der Waals surface area contributed by atoms with Gasteiger partial charge in [0.05, 0.1) is 12.0 Å². The minimum absolute atomic E-state index is 0.0584. The maximum atomic E-state index is 12.5. The van der Waals surface area contributed by atoms with Crippen LogP contribution >= 0.6 is 0 Å². The van der Waals surface area contributed by atoms with Gasteiger partial charge in [-0.2, -0.15) is 0 Å². The van der Waals surface area contributed by atoms with Crippen molar-refractivity contribution in [1.82, 2.24) is 4.90 Å². The zero-order chi connectivity index (χ0) is 13.7. The largest absolute Gasteiger partial charge is 0.465 e. The van der Waals surface area contributed by atoms with Crippen molar-refractivity contribution in [2.75, 3.05) is 26.2 Å². The number of ether oxygens (including phenoxy) is 1. The monoisotopic (exact) mass is 261 g/mol. The van der Waals surface area contributed by atoms with E-state index in [1.807, 2.05) is 25.1 Å². The standard InChI is InChI=1S/C16H23NO2/c1-3-17-12-10-16(11-13-17,15(18)19-4-2)14-8-6-5-7-9-14/h5-9H,3-4,10-13H2,1-2H3. The summed E-state index contributed by atoms with van der Waals surface area (Å²) in [6.07, 6.45) is 1.70. The molecule has 1 aromatic rings. The fourth-order valence-electron chi connectivity index (χ4n) is 2.89. The SMILES string of the molecule is CCOC(=O)C1(c2ccccc2)CCN(CC)CC1. The van der Waals surface area contributed by atoms with Crippen LogP contribution in [0.2, 0.25) is 0 Å². The summed E-state index contributed by atoms with van der Waals surface area (Å²) in [5.74, 6) is -0.0584. The van der Waals surface area contributed by atoms with E-state index in [2.05, 4.69) is 24.0 Å². The molecule has 1 saturated heterocycles. The summed E-state index contributed by atoms with van der Waals surface area (Å²) in [5, 5.41) is 0. The first kappa shape index (κ1) is 14.1. The van der Waals surface area contributed by atoms with Crippen LogP contribution in [-0.2, 0) is 14.9 Å². The van der Waals surface area contributed by atoms with Crippen LogP contribution in [0.4, 0.5) is 0 Å². The zero-order valence-corrected chi connectivity index (χ0v) is 11.9. The molecule has 104 valence electrons. The highest BCUT2D eigenvalue weighted by atomic mass is 16.5. The van der Waals surface area contributed by atoms with E-state index in [1.54, 1.807) is 0 Å². The maximum absolute atomic E-state index is 12.5. The Labute approximate surface area is 115 Å². The molecular weight excluding hydrogens is 238 g/mol. The van der Waals surface area contributed by atoms with E-state index in [9.17, 15) is 4.79 Å². The van der Waals surface area contributed by atoms with Crippen LogP contribution in [0.1, 0.15) is 32.3 Å². The Kier molecular flexibility index (Phi) is 4.59. The number of hydrogen-bond acceptors (Lipinski definition) is 3. The molecule has 0 bridgehead atoms. The fraction of sp³-hybridized carbons (Fsp3) is 0.562. The molecule has 0 spiro atoms. The Morgan fingerprint density at radius 3 is 2.37 bits per heavy atom. The van der Waals surface area contributed by atoms with E-state index in [0.717, 1.165) is 38.0 Å². The van der Waals surface area contributed by atoms with Crippen LogP contribution in [0.15, 0.2) is 30.3 Å². The van der Waals surface area contributed by atoms with Gasteiger partial charge in [-0.25, -0.2) is 0 Å². The second-order valence-corrected chi connectivity index (χ2v) is 5.10. The number of esters is 1. The molecule has 0 aliphatic carbocycles. The fourth-order valence-corrected chi connectivity index (χ4v) is 2.89. The smallest absolute Gasteiger partial charge is 0.316 e. The average molecular weight is 261 g/mol. The van der Waals surface area contributed by atoms with Crippen molar-refractivity contribution in [2.45, 2.75) is 32.1 Å². The van der Waals surface area contributed by atoms with Gasteiger partial charge in [0.15, 0.2) is 0 Å². The first-order valence-corrected chi connectivity index (χ1v) is 7.18. The highest BCUT2D eigenvalue weighted by molar-refractivity contribution is 5.83. The molecule has 0 saturated carbocycles. The van der Waals surface area contributed by atoms with Gasteiger partial charge in [0.2, 0.25) is 0 Å². The molecule has 1 aromatic carbocycles. The minimum atomic E-state index is -0.442. The van der Waals surface area contributed by atoms with Crippen LogP contribution in [-0.4, -0.2) is 37.1 Å². The van der Waals surface area contributed by atoms with Gasteiger partial charge in [-0.3, -0.25) is 4.79 Å². The molecule has 0 amide bonds. The molecule has 1 fully saturated rings. The van der Waals surface area contributed by atoms with Crippen LogP contribution in [0.3, 0.4) is 0 Å². The number of carbonyl (C=O) groups excluding carboxylic acids is 1. The number of piperidine rings is 1. The van der Waals surface area contributed by atoms with Crippen LogP contribution in [0, 0.1) is 0 Å². The quantitative estimate of drug-likeness (QED) is 0.780. The summed E-state index contributed by atoms with van der Waals surface area (Å²) in [5.41, 5.74) is 0.660. The van der Waals surface area contributed by atoms with Gasteiger partial charge in [0.1, 0.15) is 0 Å². The Morgan fingerprint density at radius 2 is 1.84 bits per heavy atom. The molecule has 3 heteroatoms.